The molecule has 1 aliphatic heterocycles. The maximum Gasteiger partial charge on any atom is 0.215 e. The Morgan fingerprint density at radius 1 is 1.55 bits per heavy atom. The van der Waals surface area contributed by atoms with Crippen LogP contribution in [0.4, 0.5) is 0 Å². The van der Waals surface area contributed by atoms with Crippen molar-refractivity contribution >= 4 is 5.71 Å². The van der Waals surface area contributed by atoms with Crippen LogP contribution in [0.5, 0.6) is 0 Å². The van der Waals surface area contributed by atoms with Crippen LogP contribution in [0.2, 0.25) is 0 Å². The predicted molar refractivity (Wildman–Crippen MR) is 47.8 cm³/mol. The van der Waals surface area contributed by atoms with Gasteiger partial charge in [0.15, 0.2) is 5.71 Å². The van der Waals surface area contributed by atoms with Gasteiger partial charge in [-0.05, 0) is 5.92 Å². The molecule has 1 N–H and O–H groups in total. The maximum absolute atomic E-state index is 3.36. The molecule has 0 radical (unpaired) electrons. The number of hydrogen-bond acceptors (Lipinski definition) is 1. The van der Waals surface area contributed by atoms with Crippen molar-refractivity contribution in [1.29, 1.82) is 0 Å². The lowest BCUT2D eigenvalue weighted by Crippen LogP contribution is -2.33. The van der Waals surface area contributed by atoms with Crippen LogP contribution in [-0.2, 0) is 0 Å². The summed E-state index contributed by atoms with van der Waals surface area (Å²) in [5.41, 5.74) is 2.69. The highest BCUT2D eigenvalue weighted by molar-refractivity contribution is 5.89. The molecule has 11 heavy (non-hydrogen) atoms. The van der Waals surface area contributed by atoms with E-state index >= 15 is 0 Å². The fourth-order valence-electron chi connectivity index (χ4n) is 1.09. The average Bonchev–Trinajstić information content (AvgIpc) is 1.94. The summed E-state index contributed by atoms with van der Waals surface area (Å²) in [7, 11) is 2.09. The Hall–Kier alpha value is -0.790. The Morgan fingerprint density at radius 2 is 2.18 bits per heavy atom. The third-order valence-electron chi connectivity index (χ3n) is 2.11. The molecule has 0 saturated carbocycles. The van der Waals surface area contributed by atoms with Crippen LogP contribution in [0.3, 0.4) is 0 Å². The minimum atomic E-state index is 0.610. The van der Waals surface area contributed by atoms with Crippen LogP contribution in [-0.4, -0.2) is 24.0 Å². The van der Waals surface area contributed by atoms with Gasteiger partial charge in [-0.1, -0.05) is 13.8 Å². The van der Waals surface area contributed by atoms with Crippen molar-refractivity contribution in [1.82, 2.24) is 5.32 Å². The Labute approximate surface area is 68.6 Å². The second kappa shape index (κ2) is 3.07. The van der Waals surface area contributed by atoms with Crippen molar-refractivity contribution < 1.29 is 4.58 Å². The first-order valence-electron chi connectivity index (χ1n) is 4.11. The van der Waals surface area contributed by atoms with Crippen molar-refractivity contribution in [2.45, 2.75) is 20.8 Å². The summed E-state index contributed by atoms with van der Waals surface area (Å²) in [5.74, 6) is 0.610. The summed E-state index contributed by atoms with van der Waals surface area (Å²) in [6.45, 7) is 7.49. The zero-order valence-electron chi connectivity index (χ0n) is 7.81. The molecule has 0 aliphatic carbocycles. The largest absolute Gasteiger partial charge is 0.334 e. The van der Waals surface area contributed by atoms with Gasteiger partial charge in [-0.25, -0.2) is 4.58 Å². The molecule has 0 atom stereocenters. The van der Waals surface area contributed by atoms with E-state index < -0.39 is 0 Å². The smallest absolute Gasteiger partial charge is 0.215 e. The van der Waals surface area contributed by atoms with E-state index in [1.165, 1.54) is 11.4 Å². The molecule has 0 bridgehead atoms. The molecule has 2 heteroatoms. The van der Waals surface area contributed by atoms with Gasteiger partial charge in [-0.2, -0.15) is 0 Å². The van der Waals surface area contributed by atoms with Gasteiger partial charge in [0.1, 0.15) is 7.05 Å². The summed E-state index contributed by atoms with van der Waals surface area (Å²) in [6.07, 6.45) is 2.22. The molecule has 1 rings (SSSR count). The van der Waals surface area contributed by atoms with Gasteiger partial charge in [0.2, 0.25) is 6.67 Å². The van der Waals surface area contributed by atoms with Gasteiger partial charge in [0.25, 0.3) is 0 Å². The van der Waals surface area contributed by atoms with E-state index in [0.717, 1.165) is 6.67 Å². The summed E-state index contributed by atoms with van der Waals surface area (Å²) in [4.78, 5) is 0. The summed E-state index contributed by atoms with van der Waals surface area (Å²) >= 11 is 0. The van der Waals surface area contributed by atoms with Crippen molar-refractivity contribution in [3.05, 3.63) is 11.8 Å². The van der Waals surface area contributed by atoms with Crippen LogP contribution in [0.1, 0.15) is 20.8 Å². The number of allylic oxidation sites excluding steroid dienone is 2. The lowest BCUT2D eigenvalue weighted by atomic mass is 10.1. The van der Waals surface area contributed by atoms with Crippen molar-refractivity contribution in [2.24, 2.45) is 5.92 Å². The number of rotatable bonds is 1. The summed E-state index contributed by atoms with van der Waals surface area (Å²) < 4.78 is 2.20. The average molecular weight is 153 g/mol. The second-order valence-corrected chi connectivity index (χ2v) is 3.43. The number of nitrogens with zero attached hydrogens (tertiary/aromatic N) is 1. The molecular weight excluding hydrogens is 136 g/mol. The standard InChI is InChI=1S/C9H16N2/c1-7(2)9-5-8(3)11(4)6-10-9/h5,7H,6H2,1-4H3/p+1. The molecule has 0 aromatic rings. The molecule has 0 fully saturated rings. The van der Waals surface area contributed by atoms with Crippen LogP contribution in [0.15, 0.2) is 11.8 Å². The van der Waals surface area contributed by atoms with Gasteiger partial charge in [-0.3, -0.25) is 0 Å². The third-order valence-corrected chi connectivity index (χ3v) is 2.11. The van der Waals surface area contributed by atoms with E-state index in [4.69, 9.17) is 0 Å². The van der Waals surface area contributed by atoms with Gasteiger partial charge >= 0.3 is 0 Å². The lowest BCUT2D eigenvalue weighted by molar-refractivity contribution is -0.503. The normalized spacial score (nSPS) is 18.5. The highest BCUT2D eigenvalue weighted by Crippen LogP contribution is 2.07. The van der Waals surface area contributed by atoms with E-state index in [2.05, 4.69) is 43.8 Å². The quantitative estimate of drug-likeness (QED) is 0.559. The third kappa shape index (κ3) is 1.82. The number of hydrogen-bond donors (Lipinski definition) is 1. The van der Waals surface area contributed by atoms with E-state index in [1.807, 2.05) is 0 Å². The van der Waals surface area contributed by atoms with Crippen LogP contribution >= 0.6 is 0 Å². The first-order valence-corrected chi connectivity index (χ1v) is 4.11. The molecule has 0 amide bonds. The molecule has 0 aromatic carbocycles. The molecular formula is C9H17N2+. The minimum Gasteiger partial charge on any atom is -0.334 e. The highest BCUT2D eigenvalue weighted by Gasteiger charge is 2.13. The van der Waals surface area contributed by atoms with E-state index in [9.17, 15) is 0 Å². The molecule has 0 aromatic heterocycles. The molecule has 1 aliphatic rings. The van der Waals surface area contributed by atoms with Crippen molar-refractivity contribution in [2.75, 3.05) is 13.7 Å². The highest BCUT2D eigenvalue weighted by atomic mass is 15.1. The topological polar surface area (TPSA) is 15.0 Å². The van der Waals surface area contributed by atoms with Gasteiger partial charge < -0.3 is 5.32 Å². The van der Waals surface area contributed by atoms with E-state index in [-0.39, 0.29) is 0 Å². The van der Waals surface area contributed by atoms with E-state index in [0.29, 0.717) is 5.92 Å². The summed E-state index contributed by atoms with van der Waals surface area (Å²) in [5, 5.41) is 3.36. The van der Waals surface area contributed by atoms with Crippen LogP contribution < -0.4 is 5.32 Å². The van der Waals surface area contributed by atoms with Crippen molar-refractivity contribution in [3.8, 4) is 0 Å². The predicted octanol–water partition coefficient (Wildman–Crippen LogP) is 1.19. The Bertz CT molecular complexity index is 212. The van der Waals surface area contributed by atoms with Crippen LogP contribution in [0.25, 0.3) is 0 Å². The SMILES string of the molecule is CC1=[N+](C)CNC(C(C)C)=C1. The number of nitrogens with one attached hydrogen (secondary N) is 1. The zero-order chi connectivity index (χ0) is 8.43. The second-order valence-electron chi connectivity index (χ2n) is 3.43. The molecule has 62 valence electrons. The van der Waals surface area contributed by atoms with Crippen LogP contribution in [0, 0.1) is 5.92 Å². The Kier molecular flexibility index (Phi) is 2.32. The Morgan fingerprint density at radius 3 is 2.64 bits per heavy atom. The molecule has 0 saturated heterocycles. The molecule has 0 spiro atoms. The Balaban J connectivity index is 2.81. The maximum atomic E-state index is 3.36. The fourth-order valence-corrected chi connectivity index (χ4v) is 1.09. The molecule has 2 nitrogen and oxygen atoms in total. The summed E-state index contributed by atoms with van der Waals surface area (Å²) in [6, 6.07) is 0. The lowest BCUT2D eigenvalue weighted by Gasteiger charge is -2.16. The van der Waals surface area contributed by atoms with Gasteiger partial charge in [-0.15, -0.1) is 0 Å². The molecule has 1 heterocycles. The molecule has 0 unspecified atom stereocenters. The zero-order valence-corrected chi connectivity index (χ0v) is 7.81. The van der Waals surface area contributed by atoms with Gasteiger partial charge in [0, 0.05) is 18.7 Å². The fraction of sp³-hybridized carbons (Fsp3) is 0.667. The first kappa shape index (κ1) is 8.31. The van der Waals surface area contributed by atoms with E-state index in [1.54, 1.807) is 0 Å². The van der Waals surface area contributed by atoms with Crippen molar-refractivity contribution in [3.63, 3.8) is 0 Å². The monoisotopic (exact) mass is 153 g/mol. The minimum absolute atomic E-state index is 0.610. The first-order chi connectivity index (χ1) is 5.11. The van der Waals surface area contributed by atoms with Gasteiger partial charge in [0.05, 0.1) is 0 Å².